The summed E-state index contributed by atoms with van der Waals surface area (Å²) in [7, 11) is 0. The number of carbonyl (C=O) groups excluding carboxylic acids is 1. The van der Waals surface area contributed by atoms with Gasteiger partial charge >= 0.3 is 6.09 Å². The number of thiazole rings is 1. The first-order valence-electron chi connectivity index (χ1n) is 6.37. The Kier molecular flexibility index (Phi) is 3.33. The summed E-state index contributed by atoms with van der Waals surface area (Å²) in [5, 5.41) is 0.882. The average Bonchev–Trinajstić information content (AvgIpc) is 3.05. The van der Waals surface area contributed by atoms with Gasteiger partial charge < -0.3 is 4.74 Å². The minimum atomic E-state index is -0.418. The number of hydrogen-bond acceptors (Lipinski definition) is 5. The molecule has 0 saturated carbocycles. The van der Waals surface area contributed by atoms with Gasteiger partial charge in [-0.2, -0.15) is 0 Å². The zero-order valence-electron chi connectivity index (χ0n) is 10.7. The Bertz CT molecular complexity index is 577. The Morgan fingerprint density at radius 1 is 1.63 bits per heavy atom. The number of aromatic nitrogens is 3. The number of ether oxygens (including phenoxy) is 1. The quantitative estimate of drug-likeness (QED) is 0.846. The Labute approximate surface area is 115 Å². The van der Waals surface area contributed by atoms with Gasteiger partial charge in [0.05, 0.1) is 5.69 Å². The van der Waals surface area contributed by atoms with E-state index in [0.29, 0.717) is 5.92 Å². The molecule has 0 saturated heterocycles. The lowest BCUT2D eigenvalue weighted by molar-refractivity contribution is 0.141. The molecule has 0 amide bonds. The monoisotopic (exact) mass is 277 g/mol. The van der Waals surface area contributed by atoms with E-state index in [-0.39, 0.29) is 6.61 Å². The topological polar surface area (TPSA) is 57.0 Å². The summed E-state index contributed by atoms with van der Waals surface area (Å²) in [4.78, 5) is 21.4. The SMILES string of the molecule is C[C@H]1CCCc2nc(COC(=O)n3ccnc3)sc21. The summed E-state index contributed by atoms with van der Waals surface area (Å²) in [6.45, 7) is 2.47. The summed E-state index contributed by atoms with van der Waals surface area (Å²) in [6, 6.07) is 0. The van der Waals surface area contributed by atoms with Gasteiger partial charge in [-0.15, -0.1) is 11.3 Å². The molecule has 0 N–H and O–H groups in total. The van der Waals surface area contributed by atoms with Crippen molar-refractivity contribution in [3.63, 3.8) is 0 Å². The zero-order valence-corrected chi connectivity index (χ0v) is 11.5. The fourth-order valence-electron chi connectivity index (χ4n) is 2.31. The van der Waals surface area contributed by atoms with Crippen LogP contribution < -0.4 is 0 Å². The van der Waals surface area contributed by atoms with Gasteiger partial charge in [0.25, 0.3) is 0 Å². The fourth-order valence-corrected chi connectivity index (χ4v) is 3.42. The van der Waals surface area contributed by atoms with Gasteiger partial charge in [0, 0.05) is 17.3 Å². The van der Waals surface area contributed by atoms with E-state index < -0.39 is 6.09 Å². The molecule has 0 bridgehead atoms. The first-order valence-corrected chi connectivity index (χ1v) is 7.19. The summed E-state index contributed by atoms with van der Waals surface area (Å²) < 4.78 is 6.53. The highest BCUT2D eigenvalue weighted by Crippen LogP contribution is 2.35. The molecule has 2 aromatic rings. The highest BCUT2D eigenvalue weighted by molar-refractivity contribution is 7.11. The summed E-state index contributed by atoms with van der Waals surface area (Å²) >= 11 is 1.67. The molecule has 1 aliphatic rings. The first kappa shape index (κ1) is 12.3. The molecule has 0 radical (unpaired) electrons. The Hall–Kier alpha value is -1.69. The van der Waals surface area contributed by atoms with Crippen molar-refractivity contribution in [2.75, 3.05) is 0 Å². The highest BCUT2D eigenvalue weighted by atomic mass is 32.1. The van der Waals surface area contributed by atoms with Crippen LogP contribution in [0, 0.1) is 0 Å². The maximum Gasteiger partial charge on any atom is 0.419 e. The van der Waals surface area contributed by atoms with Crippen molar-refractivity contribution in [3.8, 4) is 0 Å². The molecule has 0 fully saturated rings. The van der Waals surface area contributed by atoms with Gasteiger partial charge in [-0.05, 0) is 25.2 Å². The predicted molar refractivity (Wildman–Crippen MR) is 71.3 cm³/mol. The van der Waals surface area contributed by atoms with Gasteiger partial charge in [0.2, 0.25) is 0 Å². The van der Waals surface area contributed by atoms with Crippen LogP contribution in [0.1, 0.15) is 41.3 Å². The molecule has 6 heteroatoms. The standard InChI is InChI=1S/C13H15N3O2S/c1-9-3-2-4-10-12(9)19-11(15-10)7-18-13(17)16-6-5-14-8-16/h5-6,8-9H,2-4,7H2,1H3/t9-/m0/s1. The number of hydrogen-bond donors (Lipinski definition) is 0. The van der Waals surface area contributed by atoms with Crippen molar-refractivity contribution in [1.29, 1.82) is 0 Å². The molecular weight excluding hydrogens is 262 g/mol. The van der Waals surface area contributed by atoms with Gasteiger partial charge in [0.1, 0.15) is 17.9 Å². The van der Waals surface area contributed by atoms with Crippen molar-refractivity contribution >= 4 is 17.4 Å². The normalized spacial score (nSPS) is 18.1. The van der Waals surface area contributed by atoms with Crippen molar-refractivity contribution in [2.45, 2.75) is 38.7 Å². The number of aryl methyl sites for hydroxylation is 1. The molecule has 2 heterocycles. The molecule has 1 atom stereocenters. The molecule has 3 rings (SSSR count). The van der Waals surface area contributed by atoms with Crippen molar-refractivity contribution in [2.24, 2.45) is 0 Å². The molecule has 5 nitrogen and oxygen atoms in total. The average molecular weight is 277 g/mol. The molecule has 0 unspecified atom stereocenters. The Morgan fingerprint density at radius 3 is 3.26 bits per heavy atom. The number of fused-ring (bicyclic) bond motifs is 1. The van der Waals surface area contributed by atoms with Crippen LogP contribution in [0.5, 0.6) is 0 Å². The van der Waals surface area contributed by atoms with Crippen LogP contribution in [0.15, 0.2) is 18.7 Å². The lowest BCUT2D eigenvalue weighted by atomic mass is 9.94. The third kappa shape index (κ3) is 2.53. The number of imidazole rings is 1. The fraction of sp³-hybridized carbons (Fsp3) is 0.462. The molecule has 1 aliphatic carbocycles. The van der Waals surface area contributed by atoms with E-state index in [9.17, 15) is 4.79 Å². The molecular formula is C13H15N3O2S. The highest BCUT2D eigenvalue weighted by Gasteiger charge is 2.21. The third-order valence-corrected chi connectivity index (χ3v) is 4.61. The lowest BCUT2D eigenvalue weighted by Gasteiger charge is -2.15. The van der Waals surface area contributed by atoms with E-state index in [2.05, 4.69) is 16.9 Å². The number of carbonyl (C=O) groups is 1. The van der Waals surface area contributed by atoms with E-state index >= 15 is 0 Å². The van der Waals surface area contributed by atoms with Crippen molar-refractivity contribution in [1.82, 2.24) is 14.5 Å². The lowest BCUT2D eigenvalue weighted by Crippen LogP contribution is -2.11. The van der Waals surface area contributed by atoms with Crippen molar-refractivity contribution in [3.05, 3.63) is 34.3 Å². The molecule has 0 aliphatic heterocycles. The Balaban J connectivity index is 1.66. The van der Waals surface area contributed by atoms with Crippen LogP contribution in [0.4, 0.5) is 4.79 Å². The van der Waals surface area contributed by atoms with Crippen LogP contribution in [-0.4, -0.2) is 20.6 Å². The van der Waals surface area contributed by atoms with E-state index in [1.165, 1.54) is 34.3 Å². The van der Waals surface area contributed by atoms with Crippen LogP contribution in [0.2, 0.25) is 0 Å². The van der Waals surface area contributed by atoms with E-state index in [1.807, 2.05) is 0 Å². The summed E-state index contributed by atoms with van der Waals surface area (Å²) in [5.74, 6) is 0.583. The summed E-state index contributed by atoms with van der Waals surface area (Å²) in [6.07, 6.45) is 7.60. The van der Waals surface area contributed by atoms with E-state index in [0.717, 1.165) is 11.4 Å². The predicted octanol–water partition coefficient (Wildman–Crippen LogP) is 2.96. The van der Waals surface area contributed by atoms with Gasteiger partial charge in [-0.25, -0.2) is 19.3 Å². The van der Waals surface area contributed by atoms with E-state index in [1.54, 1.807) is 23.7 Å². The van der Waals surface area contributed by atoms with Crippen LogP contribution >= 0.6 is 11.3 Å². The zero-order chi connectivity index (χ0) is 13.2. The molecule has 19 heavy (non-hydrogen) atoms. The number of rotatable bonds is 2. The first-order chi connectivity index (χ1) is 9.24. The maximum absolute atomic E-state index is 11.7. The second kappa shape index (κ2) is 5.13. The molecule has 0 aromatic carbocycles. The van der Waals surface area contributed by atoms with E-state index in [4.69, 9.17) is 4.74 Å². The minimum absolute atomic E-state index is 0.238. The second-order valence-electron chi connectivity index (χ2n) is 4.74. The van der Waals surface area contributed by atoms with Crippen LogP contribution in [-0.2, 0) is 17.8 Å². The van der Waals surface area contributed by atoms with Crippen molar-refractivity contribution < 1.29 is 9.53 Å². The molecule has 100 valence electrons. The van der Waals surface area contributed by atoms with Gasteiger partial charge in [-0.1, -0.05) is 6.92 Å². The number of nitrogens with zero attached hydrogens (tertiary/aromatic N) is 3. The Morgan fingerprint density at radius 2 is 2.53 bits per heavy atom. The van der Waals surface area contributed by atoms with Crippen LogP contribution in [0.3, 0.4) is 0 Å². The smallest absolute Gasteiger partial charge is 0.419 e. The largest absolute Gasteiger partial charge is 0.441 e. The maximum atomic E-state index is 11.7. The summed E-state index contributed by atoms with van der Waals surface area (Å²) in [5.41, 5.74) is 1.19. The van der Waals surface area contributed by atoms with Crippen LogP contribution in [0.25, 0.3) is 0 Å². The van der Waals surface area contributed by atoms with Gasteiger partial charge in [0.15, 0.2) is 0 Å². The molecule has 2 aromatic heterocycles. The second-order valence-corrected chi connectivity index (χ2v) is 5.85. The molecule has 0 spiro atoms. The third-order valence-electron chi connectivity index (χ3n) is 3.30. The van der Waals surface area contributed by atoms with Gasteiger partial charge in [-0.3, -0.25) is 0 Å². The minimum Gasteiger partial charge on any atom is -0.441 e.